The van der Waals surface area contributed by atoms with Gasteiger partial charge in [0.15, 0.2) is 0 Å². The van der Waals surface area contributed by atoms with Gasteiger partial charge in [0.25, 0.3) is 0 Å². The average molecular weight is 254 g/mol. The molecule has 2 aliphatic rings. The standard InChI is InChI=1S/C14H26N2O2/c1-2-6-18-9-13(17)16-14-10-4-3-5-11(14)8-12(15)7-10/h10-12,14H,2-9,15H2,1H3,(H,16,17). The zero-order valence-corrected chi connectivity index (χ0v) is 11.4. The maximum Gasteiger partial charge on any atom is 0.246 e. The van der Waals surface area contributed by atoms with Crippen LogP contribution in [0.1, 0.15) is 45.4 Å². The van der Waals surface area contributed by atoms with Gasteiger partial charge in [0.1, 0.15) is 6.61 Å². The smallest absolute Gasteiger partial charge is 0.246 e. The summed E-state index contributed by atoms with van der Waals surface area (Å²) >= 11 is 0. The molecule has 0 spiro atoms. The highest BCUT2D eigenvalue weighted by Crippen LogP contribution is 2.39. The maximum atomic E-state index is 11.8. The van der Waals surface area contributed by atoms with E-state index in [1.54, 1.807) is 0 Å². The summed E-state index contributed by atoms with van der Waals surface area (Å²) in [5.74, 6) is 1.21. The van der Waals surface area contributed by atoms with Crippen molar-refractivity contribution in [3.8, 4) is 0 Å². The highest BCUT2D eigenvalue weighted by Gasteiger charge is 2.39. The molecule has 18 heavy (non-hydrogen) atoms. The van der Waals surface area contributed by atoms with E-state index in [4.69, 9.17) is 10.5 Å². The number of fused-ring (bicyclic) bond motifs is 2. The summed E-state index contributed by atoms with van der Waals surface area (Å²) in [6, 6.07) is 0.682. The number of ether oxygens (including phenoxy) is 1. The summed E-state index contributed by atoms with van der Waals surface area (Å²) in [6.45, 7) is 2.91. The lowest BCUT2D eigenvalue weighted by molar-refractivity contribution is -0.128. The molecule has 0 aromatic rings. The lowest BCUT2D eigenvalue weighted by Gasteiger charge is -2.45. The number of hydrogen-bond donors (Lipinski definition) is 2. The largest absolute Gasteiger partial charge is 0.372 e. The Morgan fingerprint density at radius 2 is 2.00 bits per heavy atom. The van der Waals surface area contributed by atoms with Crippen LogP contribution in [0.2, 0.25) is 0 Å². The molecule has 0 aliphatic heterocycles. The van der Waals surface area contributed by atoms with Crippen LogP contribution in [0, 0.1) is 11.8 Å². The highest BCUT2D eigenvalue weighted by molar-refractivity contribution is 5.77. The number of carbonyl (C=O) groups excluding carboxylic acids is 1. The van der Waals surface area contributed by atoms with E-state index in [0.717, 1.165) is 19.3 Å². The van der Waals surface area contributed by atoms with Crippen molar-refractivity contribution in [1.82, 2.24) is 5.32 Å². The molecule has 2 fully saturated rings. The number of amides is 1. The molecule has 1 amide bonds. The first kappa shape index (κ1) is 13.8. The molecular weight excluding hydrogens is 228 g/mol. The van der Waals surface area contributed by atoms with Gasteiger partial charge in [-0.1, -0.05) is 13.3 Å². The fourth-order valence-corrected chi connectivity index (χ4v) is 3.56. The van der Waals surface area contributed by atoms with Crippen LogP contribution in [-0.2, 0) is 9.53 Å². The summed E-state index contributed by atoms with van der Waals surface area (Å²) in [4.78, 5) is 11.8. The molecule has 3 N–H and O–H groups in total. The Labute approximate surface area is 110 Å². The molecule has 2 bridgehead atoms. The van der Waals surface area contributed by atoms with E-state index >= 15 is 0 Å². The van der Waals surface area contributed by atoms with Gasteiger partial charge in [-0.25, -0.2) is 0 Å². The molecule has 2 atom stereocenters. The van der Waals surface area contributed by atoms with Crippen molar-refractivity contribution in [2.45, 2.75) is 57.5 Å². The van der Waals surface area contributed by atoms with Gasteiger partial charge in [-0.2, -0.15) is 0 Å². The molecule has 2 rings (SSSR count). The molecule has 2 saturated carbocycles. The predicted molar refractivity (Wildman–Crippen MR) is 71.1 cm³/mol. The molecule has 4 nitrogen and oxygen atoms in total. The highest BCUT2D eigenvalue weighted by atomic mass is 16.5. The zero-order valence-electron chi connectivity index (χ0n) is 11.4. The number of nitrogens with two attached hydrogens (primary N) is 1. The topological polar surface area (TPSA) is 64.3 Å². The van der Waals surface area contributed by atoms with Gasteiger partial charge in [-0.15, -0.1) is 0 Å². The van der Waals surface area contributed by atoms with Gasteiger partial charge in [0.05, 0.1) is 0 Å². The van der Waals surface area contributed by atoms with Crippen LogP contribution < -0.4 is 11.1 Å². The van der Waals surface area contributed by atoms with Crippen molar-refractivity contribution in [3.63, 3.8) is 0 Å². The van der Waals surface area contributed by atoms with Gasteiger partial charge < -0.3 is 15.8 Å². The van der Waals surface area contributed by atoms with E-state index in [-0.39, 0.29) is 12.5 Å². The SMILES string of the molecule is CCCOCC(=O)NC1C2CCCC1CC(N)C2. The van der Waals surface area contributed by atoms with E-state index < -0.39 is 0 Å². The van der Waals surface area contributed by atoms with E-state index in [1.807, 2.05) is 6.92 Å². The summed E-state index contributed by atoms with van der Waals surface area (Å²) in [6.07, 6.45) is 6.81. The van der Waals surface area contributed by atoms with E-state index in [0.29, 0.717) is 30.5 Å². The number of carbonyl (C=O) groups is 1. The number of nitrogens with one attached hydrogen (secondary N) is 1. The Hall–Kier alpha value is -0.610. The third kappa shape index (κ3) is 3.45. The maximum absolute atomic E-state index is 11.8. The van der Waals surface area contributed by atoms with Crippen molar-refractivity contribution < 1.29 is 9.53 Å². The third-order valence-corrected chi connectivity index (χ3v) is 4.29. The van der Waals surface area contributed by atoms with Gasteiger partial charge in [-0.05, 0) is 43.9 Å². The Kier molecular flexibility index (Phi) is 5.01. The number of rotatable bonds is 5. The van der Waals surface area contributed by atoms with Gasteiger partial charge in [0.2, 0.25) is 5.91 Å². The summed E-state index contributed by atoms with van der Waals surface area (Å²) < 4.78 is 5.29. The van der Waals surface area contributed by atoms with Gasteiger partial charge in [-0.3, -0.25) is 4.79 Å². The van der Waals surface area contributed by atoms with Gasteiger partial charge >= 0.3 is 0 Å². The van der Waals surface area contributed by atoms with Crippen LogP contribution in [0.15, 0.2) is 0 Å². The molecule has 0 aromatic carbocycles. The minimum Gasteiger partial charge on any atom is -0.372 e. The number of hydrogen-bond acceptors (Lipinski definition) is 3. The first-order chi connectivity index (χ1) is 8.70. The van der Waals surface area contributed by atoms with Crippen LogP contribution in [0.5, 0.6) is 0 Å². The van der Waals surface area contributed by atoms with E-state index in [9.17, 15) is 4.79 Å². The van der Waals surface area contributed by atoms with E-state index in [1.165, 1.54) is 19.3 Å². The fourth-order valence-electron chi connectivity index (χ4n) is 3.56. The quantitative estimate of drug-likeness (QED) is 0.730. The van der Waals surface area contributed by atoms with Crippen molar-refractivity contribution in [2.75, 3.05) is 13.2 Å². The molecule has 0 heterocycles. The fraction of sp³-hybridized carbons (Fsp3) is 0.929. The third-order valence-electron chi connectivity index (χ3n) is 4.29. The van der Waals surface area contributed by atoms with E-state index in [2.05, 4.69) is 5.32 Å². The van der Waals surface area contributed by atoms with Crippen LogP contribution in [-0.4, -0.2) is 31.2 Å². The molecule has 4 heteroatoms. The second kappa shape index (κ2) is 6.53. The van der Waals surface area contributed by atoms with Crippen LogP contribution >= 0.6 is 0 Å². The first-order valence-electron chi connectivity index (χ1n) is 7.33. The van der Waals surface area contributed by atoms with Crippen LogP contribution in [0.4, 0.5) is 0 Å². The van der Waals surface area contributed by atoms with Crippen molar-refractivity contribution in [1.29, 1.82) is 0 Å². The zero-order chi connectivity index (χ0) is 13.0. The summed E-state index contributed by atoms with van der Waals surface area (Å²) in [5, 5.41) is 3.18. The Morgan fingerprint density at radius 3 is 2.61 bits per heavy atom. The Bertz CT molecular complexity index is 269. The lowest BCUT2D eigenvalue weighted by Crippen LogP contribution is -2.54. The normalized spacial score (nSPS) is 35.2. The van der Waals surface area contributed by atoms with Crippen LogP contribution in [0.25, 0.3) is 0 Å². The summed E-state index contributed by atoms with van der Waals surface area (Å²) in [7, 11) is 0. The molecule has 2 aliphatic carbocycles. The van der Waals surface area contributed by atoms with Crippen molar-refractivity contribution in [2.24, 2.45) is 17.6 Å². The minimum atomic E-state index is 0.0424. The average Bonchev–Trinajstić information content (AvgIpc) is 2.31. The second-order valence-corrected chi connectivity index (χ2v) is 5.83. The Balaban J connectivity index is 1.82. The van der Waals surface area contributed by atoms with Crippen LogP contribution in [0.3, 0.4) is 0 Å². The van der Waals surface area contributed by atoms with Crippen molar-refractivity contribution >= 4 is 5.91 Å². The monoisotopic (exact) mass is 254 g/mol. The second-order valence-electron chi connectivity index (χ2n) is 5.83. The Morgan fingerprint density at radius 1 is 1.33 bits per heavy atom. The molecule has 0 radical (unpaired) electrons. The molecule has 104 valence electrons. The molecule has 0 saturated heterocycles. The van der Waals surface area contributed by atoms with Crippen molar-refractivity contribution in [3.05, 3.63) is 0 Å². The minimum absolute atomic E-state index is 0.0424. The molecule has 0 aromatic heterocycles. The van der Waals surface area contributed by atoms with Gasteiger partial charge in [0, 0.05) is 18.7 Å². The first-order valence-corrected chi connectivity index (χ1v) is 7.33. The molecular formula is C14H26N2O2. The molecule has 2 unspecified atom stereocenters. The predicted octanol–water partition coefficient (Wildman–Crippen LogP) is 1.44. The summed E-state index contributed by atoms with van der Waals surface area (Å²) in [5.41, 5.74) is 6.08. The lowest BCUT2D eigenvalue weighted by atomic mass is 9.67.